The Morgan fingerprint density at radius 3 is 1.89 bits per heavy atom. The van der Waals surface area contributed by atoms with Gasteiger partial charge in [-0.1, -0.05) is 0 Å². The van der Waals surface area contributed by atoms with Crippen LogP contribution in [0.5, 0.6) is 17.2 Å². The minimum atomic E-state index is 0.122. The predicted molar refractivity (Wildman–Crippen MR) is 64.0 cm³/mol. The van der Waals surface area contributed by atoms with E-state index in [0.717, 1.165) is 0 Å². The van der Waals surface area contributed by atoms with E-state index >= 15 is 0 Å². The lowest BCUT2D eigenvalue weighted by atomic mass is 10.3. The van der Waals surface area contributed by atoms with Crippen LogP contribution in [-0.4, -0.2) is 41.7 Å². The summed E-state index contributed by atoms with van der Waals surface area (Å²) in [5.41, 5.74) is 0. The summed E-state index contributed by atoms with van der Waals surface area (Å²) < 4.78 is 30.6. The van der Waals surface area contributed by atoms with Gasteiger partial charge in [0.15, 0.2) is 31.9 Å². The first-order chi connectivity index (χ1) is 8.81. The fourth-order valence-corrected chi connectivity index (χ4v) is 1.18. The van der Waals surface area contributed by atoms with Gasteiger partial charge in [-0.2, -0.15) is 0 Å². The predicted octanol–water partition coefficient (Wildman–Crippen LogP) is 1.63. The van der Waals surface area contributed by atoms with E-state index in [1.807, 2.05) is 0 Å². The van der Waals surface area contributed by atoms with Crippen LogP contribution in [0, 0.1) is 0 Å². The highest BCUT2D eigenvalue weighted by atomic mass is 16.7. The molecule has 6 heteroatoms. The summed E-state index contributed by atoms with van der Waals surface area (Å²) in [6, 6.07) is 5.18. The second-order valence-electron chi connectivity index (χ2n) is 3.26. The van der Waals surface area contributed by atoms with Crippen molar-refractivity contribution in [3.63, 3.8) is 0 Å². The smallest absolute Gasteiger partial charge is 0.188 e. The van der Waals surface area contributed by atoms with Gasteiger partial charge < -0.3 is 28.4 Å². The first kappa shape index (κ1) is 14.6. The molecule has 0 aromatic heterocycles. The number of hydrogen-bond donors (Lipinski definition) is 0. The van der Waals surface area contributed by atoms with Crippen molar-refractivity contribution in [2.45, 2.75) is 0 Å². The lowest BCUT2D eigenvalue weighted by molar-refractivity contribution is 0.0308. The number of benzene rings is 1. The molecule has 0 N–H and O–H groups in total. The van der Waals surface area contributed by atoms with E-state index < -0.39 is 0 Å². The monoisotopic (exact) mass is 258 g/mol. The minimum Gasteiger partial charge on any atom is -0.467 e. The van der Waals surface area contributed by atoms with E-state index in [4.69, 9.17) is 28.4 Å². The topological polar surface area (TPSA) is 55.4 Å². The summed E-state index contributed by atoms with van der Waals surface area (Å²) in [5, 5.41) is 0. The van der Waals surface area contributed by atoms with E-state index in [-0.39, 0.29) is 20.4 Å². The Balaban J connectivity index is 2.74. The molecule has 0 bridgehead atoms. The fraction of sp³-hybridized carbons (Fsp3) is 0.500. The average molecular weight is 258 g/mol. The molecule has 1 aromatic rings. The van der Waals surface area contributed by atoms with Crippen molar-refractivity contribution in [1.82, 2.24) is 0 Å². The molecule has 0 atom stereocenters. The molecule has 1 rings (SSSR count). The first-order valence-corrected chi connectivity index (χ1v) is 5.31. The summed E-state index contributed by atoms with van der Waals surface area (Å²) in [4.78, 5) is 0. The molecule has 0 aliphatic carbocycles. The molecule has 0 saturated heterocycles. The quantitative estimate of drug-likeness (QED) is 0.627. The molecule has 0 heterocycles. The molecule has 0 fully saturated rings. The van der Waals surface area contributed by atoms with E-state index in [2.05, 4.69) is 0 Å². The van der Waals surface area contributed by atoms with Crippen molar-refractivity contribution < 1.29 is 28.4 Å². The van der Waals surface area contributed by atoms with Gasteiger partial charge in [-0.3, -0.25) is 0 Å². The Kier molecular flexibility index (Phi) is 6.93. The molecule has 0 spiro atoms. The molecule has 0 saturated carbocycles. The van der Waals surface area contributed by atoms with Gasteiger partial charge in [0, 0.05) is 27.4 Å². The summed E-state index contributed by atoms with van der Waals surface area (Å²) >= 11 is 0. The number of hydrogen-bond acceptors (Lipinski definition) is 6. The molecule has 0 aliphatic heterocycles. The molecule has 6 nitrogen and oxygen atoms in total. The van der Waals surface area contributed by atoms with E-state index in [0.29, 0.717) is 17.2 Å². The molecule has 1 aromatic carbocycles. The molecule has 0 amide bonds. The Morgan fingerprint density at radius 2 is 1.28 bits per heavy atom. The van der Waals surface area contributed by atoms with Crippen LogP contribution >= 0.6 is 0 Å². The van der Waals surface area contributed by atoms with Gasteiger partial charge in [-0.25, -0.2) is 0 Å². The van der Waals surface area contributed by atoms with Crippen molar-refractivity contribution >= 4 is 0 Å². The number of rotatable bonds is 9. The molecule has 18 heavy (non-hydrogen) atoms. The molecule has 102 valence electrons. The van der Waals surface area contributed by atoms with Gasteiger partial charge in [0.25, 0.3) is 0 Å². The fourth-order valence-electron chi connectivity index (χ4n) is 1.18. The lowest BCUT2D eigenvalue weighted by Gasteiger charge is -2.13. The second-order valence-corrected chi connectivity index (χ2v) is 3.26. The van der Waals surface area contributed by atoms with Crippen molar-refractivity contribution in [3.8, 4) is 17.2 Å². The third-order valence-corrected chi connectivity index (χ3v) is 1.92. The van der Waals surface area contributed by atoms with Crippen LogP contribution in [-0.2, 0) is 14.2 Å². The van der Waals surface area contributed by atoms with Crippen molar-refractivity contribution in [3.05, 3.63) is 18.2 Å². The number of methoxy groups -OCH3 is 3. The largest absolute Gasteiger partial charge is 0.467 e. The zero-order valence-corrected chi connectivity index (χ0v) is 10.8. The maximum Gasteiger partial charge on any atom is 0.188 e. The third-order valence-electron chi connectivity index (χ3n) is 1.92. The van der Waals surface area contributed by atoms with Crippen molar-refractivity contribution in [1.29, 1.82) is 0 Å². The molecule has 0 aliphatic rings. The molecular formula is C12H18O6. The highest BCUT2D eigenvalue weighted by molar-refractivity contribution is 5.45. The minimum absolute atomic E-state index is 0.122. The standard InChI is InChI=1S/C12H18O6/c1-13-7-16-10-4-5-11(17-8-14-2)12(6-10)18-9-15-3/h4-6H,7-9H2,1-3H3. The number of ether oxygens (including phenoxy) is 6. The van der Waals surface area contributed by atoms with Crippen LogP contribution in [0.15, 0.2) is 18.2 Å². The highest BCUT2D eigenvalue weighted by Gasteiger charge is 2.07. The maximum absolute atomic E-state index is 5.38. The van der Waals surface area contributed by atoms with Crippen LogP contribution in [0.4, 0.5) is 0 Å². The summed E-state index contributed by atoms with van der Waals surface area (Å²) in [5.74, 6) is 1.69. The van der Waals surface area contributed by atoms with Crippen LogP contribution in [0.2, 0.25) is 0 Å². The van der Waals surface area contributed by atoms with E-state index in [1.165, 1.54) is 0 Å². The van der Waals surface area contributed by atoms with Crippen LogP contribution in [0.25, 0.3) is 0 Å². The Hall–Kier alpha value is -1.50. The lowest BCUT2D eigenvalue weighted by Crippen LogP contribution is -2.05. The zero-order chi connectivity index (χ0) is 13.2. The van der Waals surface area contributed by atoms with Crippen LogP contribution in [0.1, 0.15) is 0 Å². The zero-order valence-electron chi connectivity index (χ0n) is 10.8. The molecular weight excluding hydrogens is 240 g/mol. The average Bonchev–Trinajstić information content (AvgIpc) is 2.41. The Morgan fingerprint density at radius 1 is 0.722 bits per heavy atom. The van der Waals surface area contributed by atoms with Crippen LogP contribution < -0.4 is 14.2 Å². The van der Waals surface area contributed by atoms with Gasteiger partial charge in [0.05, 0.1) is 0 Å². The SMILES string of the molecule is COCOc1ccc(OCOC)c(OCOC)c1. The van der Waals surface area contributed by atoms with Gasteiger partial charge in [0.1, 0.15) is 5.75 Å². The van der Waals surface area contributed by atoms with Gasteiger partial charge >= 0.3 is 0 Å². The van der Waals surface area contributed by atoms with Gasteiger partial charge in [0.2, 0.25) is 0 Å². The molecule has 0 unspecified atom stereocenters. The Bertz CT molecular complexity index is 341. The van der Waals surface area contributed by atoms with E-state index in [9.17, 15) is 0 Å². The maximum atomic E-state index is 5.38. The van der Waals surface area contributed by atoms with Crippen LogP contribution in [0.3, 0.4) is 0 Å². The van der Waals surface area contributed by atoms with Crippen molar-refractivity contribution in [2.24, 2.45) is 0 Å². The van der Waals surface area contributed by atoms with Gasteiger partial charge in [-0.05, 0) is 12.1 Å². The van der Waals surface area contributed by atoms with Crippen molar-refractivity contribution in [2.75, 3.05) is 41.7 Å². The normalized spacial score (nSPS) is 10.2. The van der Waals surface area contributed by atoms with E-state index in [1.54, 1.807) is 39.5 Å². The van der Waals surface area contributed by atoms with Gasteiger partial charge in [-0.15, -0.1) is 0 Å². The summed E-state index contributed by atoms with van der Waals surface area (Å²) in [6.07, 6.45) is 0. The molecule has 0 radical (unpaired) electrons. The Labute approximate surface area is 106 Å². The summed E-state index contributed by atoms with van der Waals surface area (Å²) in [6.45, 7) is 0.431. The third kappa shape index (κ3) is 4.79. The first-order valence-electron chi connectivity index (χ1n) is 5.31. The summed E-state index contributed by atoms with van der Waals surface area (Å²) in [7, 11) is 4.64. The highest BCUT2D eigenvalue weighted by Crippen LogP contribution is 2.31. The second kappa shape index (κ2) is 8.57.